The number of carbonyl (C=O) groups is 1. The second-order valence-corrected chi connectivity index (χ2v) is 5.17. The SMILES string of the molecule is O=C1CCCC(C23CC(C2)C3)C1. The Balaban J connectivity index is 1.71. The average molecular weight is 164 g/mol. The van der Waals surface area contributed by atoms with E-state index in [0.717, 1.165) is 24.7 Å². The lowest BCUT2D eigenvalue weighted by molar-refractivity contribution is -0.164. The highest BCUT2D eigenvalue weighted by Gasteiger charge is 2.60. The maximum atomic E-state index is 11.3. The maximum Gasteiger partial charge on any atom is 0.133 e. The molecule has 12 heavy (non-hydrogen) atoms. The van der Waals surface area contributed by atoms with E-state index in [9.17, 15) is 4.79 Å². The average Bonchev–Trinajstić information content (AvgIpc) is 1.79. The topological polar surface area (TPSA) is 17.1 Å². The van der Waals surface area contributed by atoms with Crippen LogP contribution in [0.25, 0.3) is 0 Å². The number of rotatable bonds is 1. The third kappa shape index (κ3) is 0.773. The molecule has 1 heteroatoms. The van der Waals surface area contributed by atoms with Gasteiger partial charge in [-0.2, -0.15) is 0 Å². The van der Waals surface area contributed by atoms with Gasteiger partial charge in [0.05, 0.1) is 0 Å². The molecule has 4 saturated carbocycles. The molecule has 0 heterocycles. The number of carbonyl (C=O) groups excluding carboxylic acids is 1. The van der Waals surface area contributed by atoms with E-state index in [1.54, 1.807) is 0 Å². The normalized spacial score (nSPS) is 51.2. The van der Waals surface area contributed by atoms with Gasteiger partial charge < -0.3 is 0 Å². The Kier molecular flexibility index (Phi) is 1.26. The first kappa shape index (κ1) is 7.11. The molecule has 4 rings (SSSR count). The first-order valence-corrected chi connectivity index (χ1v) is 5.30. The van der Waals surface area contributed by atoms with Gasteiger partial charge >= 0.3 is 0 Å². The van der Waals surface area contributed by atoms with Gasteiger partial charge in [0.1, 0.15) is 5.78 Å². The lowest BCUT2D eigenvalue weighted by atomic mass is 9.39. The van der Waals surface area contributed by atoms with Crippen molar-refractivity contribution in [1.82, 2.24) is 0 Å². The number of Topliss-reactive ketones (excluding diaryl/α,β-unsaturated/α-hetero) is 1. The summed E-state index contributed by atoms with van der Waals surface area (Å²) in [7, 11) is 0. The molecule has 0 aromatic rings. The molecule has 66 valence electrons. The molecule has 1 unspecified atom stereocenters. The fourth-order valence-corrected chi connectivity index (χ4v) is 3.59. The van der Waals surface area contributed by atoms with Crippen molar-refractivity contribution in [2.24, 2.45) is 17.3 Å². The fourth-order valence-electron chi connectivity index (χ4n) is 3.59. The van der Waals surface area contributed by atoms with Crippen LogP contribution in [0.1, 0.15) is 44.9 Å². The second-order valence-electron chi connectivity index (χ2n) is 5.17. The van der Waals surface area contributed by atoms with Gasteiger partial charge in [-0.25, -0.2) is 0 Å². The van der Waals surface area contributed by atoms with E-state index in [2.05, 4.69) is 0 Å². The lowest BCUT2D eigenvalue weighted by Gasteiger charge is -2.66. The van der Waals surface area contributed by atoms with E-state index in [4.69, 9.17) is 0 Å². The summed E-state index contributed by atoms with van der Waals surface area (Å²) in [5, 5.41) is 0. The Hall–Kier alpha value is -0.330. The van der Waals surface area contributed by atoms with Crippen molar-refractivity contribution < 1.29 is 4.79 Å². The minimum Gasteiger partial charge on any atom is -0.300 e. The Bertz CT molecular complexity index is 214. The van der Waals surface area contributed by atoms with Gasteiger partial charge in [0, 0.05) is 12.8 Å². The number of hydrogen-bond acceptors (Lipinski definition) is 1. The van der Waals surface area contributed by atoms with E-state index in [-0.39, 0.29) is 0 Å². The predicted octanol–water partition coefficient (Wildman–Crippen LogP) is 2.55. The number of hydrogen-bond donors (Lipinski definition) is 0. The Morgan fingerprint density at radius 2 is 2.00 bits per heavy atom. The minimum atomic E-state index is 0.538. The van der Waals surface area contributed by atoms with Crippen LogP contribution in [0.4, 0.5) is 0 Å². The van der Waals surface area contributed by atoms with Crippen molar-refractivity contribution >= 4 is 5.78 Å². The summed E-state index contributed by atoms with van der Waals surface area (Å²) in [5.74, 6) is 2.40. The summed E-state index contributed by atoms with van der Waals surface area (Å²) in [4.78, 5) is 11.3. The summed E-state index contributed by atoms with van der Waals surface area (Å²) in [6, 6.07) is 0. The Morgan fingerprint density at radius 3 is 2.50 bits per heavy atom. The zero-order chi connectivity index (χ0) is 8.18. The molecule has 1 atom stereocenters. The Labute approximate surface area is 73.5 Å². The van der Waals surface area contributed by atoms with Gasteiger partial charge in [-0.1, -0.05) is 0 Å². The van der Waals surface area contributed by atoms with Crippen molar-refractivity contribution in [3.63, 3.8) is 0 Å². The molecule has 0 aliphatic heterocycles. The summed E-state index contributed by atoms with van der Waals surface area (Å²) in [6.07, 6.45) is 8.71. The van der Waals surface area contributed by atoms with Crippen LogP contribution >= 0.6 is 0 Å². The van der Waals surface area contributed by atoms with Crippen LogP contribution in [0.15, 0.2) is 0 Å². The van der Waals surface area contributed by atoms with Crippen LogP contribution in [0.2, 0.25) is 0 Å². The van der Waals surface area contributed by atoms with Crippen molar-refractivity contribution in [1.29, 1.82) is 0 Å². The van der Waals surface area contributed by atoms with Gasteiger partial charge in [0.25, 0.3) is 0 Å². The zero-order valence-electron chi connectivity index (χ0n) is 7.51. The Morgan fingerprint density at radius 1 is 1.25 bits per heavy atom. The van der Waals surface area contributed by atoms with Crippen molar-refractivity contribution in [2.75, 3.05) is 0 Å². The quantitative estimate of drug-likeness (QED) is 0.582. The molecule has 4 fully saturated rings. The molecule has 4 aliphatic rings. The van der Waals surface area contributed by atoms with Crippen LogP contribution in [0.3, 0.4) is 0 Å². The second kappa shape index (κ2) is 2.12. The van der Waals surface area contributed by atoms with Gasteiger partial charge in [0.2, 0.25) is 0 Å². The molecular formula is C11H16O. The minimum absolute atomic E-state index is 0.538. The van der Waals surface area contributed by atoms with Crippen LogP contribution in [0, 0.1) is 17.3 Å². The van der Waals surface area contributed by atoms with Crippen LogP contribution < -0.4 is 0 Å². The largest absolute Gasteiger partial charge is 0.300 e. The van der Waals surface area contributed by atoms with Crippen molar-refractivity contribution in [2.45, 2.75) is 44.9 Å². The van der Waals surface area contributed by atoms with Crippen LogP contribution in [0.5, 0.6) is 0 Å². The van der Waals surface area contributed by atoms with Gasteiger partial charge in [0.15, 0.2) is 0 Å². The molecule has 0 aromatic carbocycles. The van der Waals surface area contributed by atoms with Crippen LogP contribution in [-0.2, 0) is 4.79 Å². The molecule has 0 radical (unpaired) electrons. The van der Waals surface area contributed by atoms with E-state index >= 15 is 0 Å². The van der Waals surface area contributed by atoms with E-state index in [1.165, 1.54) is 32.1 Å². The standard InChI is InChI=1S/C11H16O/c12-10-3-1-2-9(4-10)11-5-8(6-11)7-11/h8-9H,1-7H2. The monoisotopic (exact) mass is 164 g/mol. The summed E-state index contributed by atoms with van der Waals surface area (Å²) in [6.45, 7) is 0. The molecule has 0 aromatic heterocycles. The van der Waals surface area contributed by atoms with Crippen molar-refractivity contribution in [3.8, 4) is 0 Å². The highest BCUT2D eigenvalue weighted by Crippen LogP contribution is 2.69. The van der Waals surface area contributed by atoms with Crippen molar-refractivity contribution in [3.05, 3.63) is 0 Å². The first-order valence-electron chi connectivity index (χ1n) is 5.30. The fraction of sp³-hybridized carbons (Fsp3) is 0.909. The third-order valence-corrected chi connectivity index (χ3v) is 4.43. The summed E-state index contributed by atoms with van der Waals surface area (Å²) < 4.78 is 0. The lowest BCUT2D eigenvalue weighted by Crippen LogP contribution is -2.57. The molecule has 0 N–H and O–H groups in total. The zero-order valence-corrected chi connectivity index (χ0v) is 7.51. The molecular weight excluding hydrogens is 148 g/mol. The molecule has 0 saturated heterocycles. The van der Waals surface area contributed by atoms with Gasteiger partial charge in [-0.3, -0.25) is 4.79 Å². The number of ketones is 1. The van der Waals surface area contributed by atoms with Gasteiger partial charge in [-0.05, 0) is 49.4 Å². The predicted molar refractivity (Wildman–Crippen MR) is 46.7 cm³/mol. The van der Waals surface area contributed by atoms with E-state index < -0.39 is 0 Å². The van der Waals surface area contributed by atoms with E-state index in [1.807, 2.05) is 0 Å². The summed E-state index contributed by atoms with van der Waals surface area (Å²) >= 11 is 0. The van der Waals surface area contributed by atoms with Gasteiger partial charge in [-0.15, -0.1) is 0 Å². The molecule has 2 bridgehead atoms. The molecule has 4 aliphatic carbocycles. The molecule has 0 spiro atoms. The van der Waals surface area contributed by atoms with E-state index in [0.29, 0.717) is 11.2 Å². The first-order chi connectivity index (χ1) is 5.78. The highest BCUT2D eigenvalue weighted by molar-refractivity contribution is 5.79. The maximum absolute atomic E-state index is 11.3. The smallest absolute Gasteiger partial charge is 0.133 e. The highest BCUT2D eigenvalue weighted by atomic mass is 16.1. The van der Waals surface area contributed by atoms with Crippen LogP contribution in [-0.4, -0.2) is 5.78 Å². The molecule has 1 nitrogen and oxygen atoms in total. The molecule has 0 amide bonds. The third-order valence-electron chi connectivity index (χ3n) is 4.43. The summed E-state index contributed by atoms with van der Waals surface area (Å²) in [5.41, 5.74) is 0.695.